The van der Waals surface area contributed by atoms with Gasteiger partial charge in [0.2, 0.25) is 5.76 Å². The maximum atomic E-state index is 11.9. The first-order valence-corrected chi connectivity index (χ1v) is 7.39. The Morgan fingerprint density at radius 2 is 1.79 bits per heavy atom. The Morgan fingerprint density at radius 3 is 2.42 bits per heavy atom. The SMILES string of the molecule is O=C1O[C@H]([C@@H](O)CO)C(OCc2ccccc2)=C1OCC(O)CO. The average molecular weight is 340 g/mol. The van der Waals surface area contributed by atoms with Crippen molar-refractivity contribution >= 4 is 5.97 Å². The monoisotopic (exact) mass is 340 g/mol. The number of aliphatic hydroxyl groups excluding tert-OH is 4. The highest BCUT2D eigenvalue weighted by atomic mass is 16.6. The summed E-state index contributed by atoms with van der Waals surface area (Å²) in [5, 5.41) is 37.0. The van der Waals surface area contributed by atoms with E-state index in [1.807, 2.05) is 30.3 Å². The Balaban J connectivity index is 2.16. The molecule has 1 aromatic carbocycles. The number of ether oxygens (including phenoxy) is 3. The zero-order valence-electron chi connectivity index (χ0n) is 12.9. The van der Waals surface area contributed by atoms with Gasteiger partial charge in [-0.25, -0.2) is 4.79 Å². The number of hydrogen-bond acceptors (Lipinski definition) is 8. The number of carbonyl (C=O) groups is 1. The van der Waals surface area contributed by atoms with Crippen LogP contribution in [0.25, 0.3) is 0 Å². The third-order valence-corrected chi connectivity index (χ3v) is 3.31. The van der Waals surface area contributed by atoms with Gasteiger partial charge in [-0.3, -0.25) is 0 Å². The molecule has 4 N–H and O–H groups in total. The number of aliphatic hydroxyl groups is 4. The molecule has 2 rings (SSSR count). The van der Waals surface area contributed by atoms with Crippen LogP contribution in [0.4, 0.5) is 0 Å². The van der Waals surface area contributed by atoms with Crippen molar-refractivity contribution < 1.29 is 39.4 Å². The summed E-state index contributed by atoms with van der Waals surface area (Å²) in [4.78, 5) is 11.9. The van der Waals surface area contributed by atoms with E-state index in [1.54, 1.807) is 0 Å². The van der Waals surface area contributed by atoms with Gasteiger partial charge in [-0.05, 0) is 5.56 Å². The maximum Gasteiger partial charge on any atom is 0.378 e. The number of cyclic esters (lactones) is 1. The molecule has 0 saturated carbocycles. The van der Waals surface area contributed by atoms with E-state index < -0.39 is 37.5 Å². The Kier molecular flexibility index (Phi) is 6.56. The second kappa shape index (κ2) is 8.65. The first-order valence-electron chi connectivity index (χ1n) is 7.39. The fraction of sp³-hybridized carbons (Fsp3) is 0.438. The Morgan fingerprint density at radius 1 is 1.08 bits per heavy atom. The van der Waals surface area contributed by atoms with Gasteiger partial charge >= 0.3 is 5.97 Å². The van der Waals surface area contributed by atoms with E-state index in [4.69, 9.17) is 24.4 Å². The van der Waals surface area contributed by atoms with Gasteiger partial charge in [0.25, 0.3) is 0 Å². The summed E-state index contributed by atoms with van der Waals surface area (Å²) in [5.41, 5.74) is 0.816. The first-order chi connectivity index (χ1) is 11.6. The van der Waals surface area contributed by atoms with Crippen LogP contribution in [0.5, 0.6) is 0 Å². The number of rotatable bonds is 9. The van der Waals surface area contributed by atoms with Crippen molar-refractivity contribution in [2.45, 2.75) is 24.9 Å². The summed E-state index contributed by atoms with van der Waals surface area (Å²) in [6.07, 6.45) is -3.75. The molecule has 132 valence electrons. The van der Waals surface area contributed by atoms with Crippen LogP contribution in [-0.4, -0.2) is 64.5 Å². The second-order valence-electron chi connectivity index (χ2n) is 5.19. The van der Waals surface area contributed by atoms with Crippen LogP contribution in [-0.2, 0) is 25.6 Å². The molecule has 0 fully saturated rings. The second-order valence-corrected chi connectivity index (χ2v) is 5.19. The number of carbonyl (C=O) groups excluding carboxylic acids is 1. The highest BCUT2D eigenvalue weighted by Gasteiger charge is 2.42. The van der Waals surface area contributed by atoms with Gasteiger partial charge in [-0.15, -0.1) is 0 Å². The third-order valence-electron chi connectivity index (χ3n) is 3.31. The van der Waals surface area contributed by atoms with Crippen LogP contribution in [0.2, 0.25) is 0 Å². The van der Waals surface area contributed by atoms with E-state index >= 15 is 0 Å². The summed E-state index contributed by atoms with van der Waals surface area (Å²) < 4.78 is 15.7. The largest absolute Gasteiger partial charge is 0.485 e. The zero-order valence-corrected chi connectivity index (χ0v) is 12.9. The van der Waals surface area contributed by atoms with E-state index in [1.165, 1.54) is 0 Å². The molecule has 0 aliphatic carbocycles. The minimum absolute atomic E-state index is 0.0597. The van der Waals surface area contributed by atoms with Crippen LogP contribution in [0.3, 0.4) is 0 Å². The molecule has 1 aromatic rings. The summed E-state index contributed by atoms with van der Waals surface area (Å²) in [6.45, 7) is -1.42. The molecular weight excluding hydrogens is 320 g/mol. The van der Waals surface area contributed by atoms with Gasteiger partial charge in [-0.2, -0.15) is 0 Å². The molecule has 0 aromatic heterocycles. The minimum atomic E-state index is -1.37. The fourth-order valence-corrected chi connectivity index (χ4v) is 2.05. The van der Waals surface area contributed by atoms with E-state index in [2.05, 4.69) is 0 Å². The topological polar surface area (TPSA) is 126 Å². The number of benzene rings is 1. The van der Waals surface area contributed by atoms with E-state index in [0.717, 1.165) is 5.56 Å². The van der Waals surface area contributed by atoms with Crippen molar-refractivity contribution in [1.82, 2.24) is 0 Å². The molecule has 1 aliphatic rings. The molecule has 0 spiro atoms. The van der Waals surface area contributed by atoms with Crippen molar-refractivity contribution in [1.29, 1.82) is 0 Å². The molecule has 1 aliphatic heterocycles. The van der Waals surface area contributed by atoms with Gasteiger partial charge in [0.15, 0.2) is 11.9 Å². The van der Waals surface area contributed by atoms with Crippen molar-refractivity contribution in [2.24, 2.45) is 0 Å². The normalized spacial score (nSPS) is 19.8. The lowest BCUT2D eigenvalue weighted by molar-refractivity contribution is -0.149. The summed E-state index contributed by atoms with van der Waals surface area (Å²) >= 11 is 0. The summed E-state index contributed by atoms with van der Waals surface area (Å²) in [7, 11) is 0. The lowest BCUT2D eigenvalue weighted by atomic mass is 10.2. The van der Waals surface area contributed by atoms with Gasteiger partial charge < -0.3 is 34.6 Å². The van der Waals surface area contributed by atoms with Crippen LogP contribution >= 0.6 is 0 Å². The van der Waals surface area contributed by atoms with Crippen LogP contribution in [0, 0.1) is 0 Å². The third kappa shape index (κ3) is 4.45. The van der Waals surface area contributed by atoms with Gasteiger partial charge in [0.05, 0.1) is 13.2 Å². The highest BCUT2D eigenvalue weighted by Crippen LogP contribution is 2.28. The lowest BCUT2D eigenvalue weighted by Gasteiger charge is -2.18. The Bertz CT molecular complexity index is 571. The highest BCUT2D eigenvalue weighted by molar-refractivity contribution is 5.89. The van der Waals surface area contributed by atoms with Gasteiger partial charge in [0, 0.05) is 0 Å². The molecule has 1 unspecified atom stereocenters. The fourth-order valence-electron chi connectivity index (χ4n) is 2.05. The van der Waals surface area contributed by atoms with E-state index in [0.29, 0.717) is 0 Å². The molecule has 0 bridgehead atoms. The van der Waals surface area contributed by atoms with E-state index in [-0.39, 0.29) is 24.7 Å². The van der Waals surface area contributed by atoms with Crippen molar-refractivity contribution in [3.63, 3.8) is 0 Å². The van der Waals surface area contributed by atoms with Crippen molar-refractivity contribution in [2.75, 3.05) is 19.8 Å². The quantitative estimate of drug-likeness (QED) is 0.425. The summed E-state index contributed by atoms with van der Waals surface area (Å²) in [6, 6.07) is 9.10. The molecule has 0 saturated heterocycles. The standard InChI is InChI=1S/C16H20O8/c17-6-11(19)9-23-15-14(13(12(20)7-18)24-16(15)21)22-8-10-4-2-1-3-5-10/h1-5,11-13,17-20H,6-9H2/t11?,12-,13+/m0/s1. The Labute approximate surface area is 138 Å². The molecule has 0 radical (unpaired) electrons. The van der Waals surface area contributed by atoms with Crippen molar-refractivity contribution in [3.8, 4) is 0 Å². The van der Waals surface area contributed by atoms with Crippen LogP contribution in [0.15, 0.2) is 41.9 Å². The Hall–Kier alpha value is -2.13. The predicted octanol–water partition coefficient (Wildman–Crippen LogP) is -0.937. The molecule has 0 amide bonds. The molecule has 1 heterocycles. The zero-order chi connectivity index (χ0) is 17.5. The average Bonchev–Trinajstić information content (AvgIpc) is 2.93. The van der Waals surface area contributed by atoms with E-state index in [9.17, 15) is 15.0 Å². The molecule has 8 nitrogen and oxygen atoms in total. The van der Waals surface area contributed by atoms with Crippen LogP contribution < -0.4 is 0 Å². The molecule has 24 heavy (non-hydrogen) atoms. The number of hydrogen-bond donors (Lipinski definition) is 4. The van der Waals surface area contributed by atoms with Gasteiger partial charge in [0.1, 0.15) is 25.4 Å². The smallest absolute Gasteiger partial charge is 0.378 e. The maximum absolute atomic E-state index is 11.9. The number of esters is 1. The lowest BCUT2D eigenvalue weighted by Crippen LogP contribution is -2.32. The first kappa shape index (κ1) is 18.2. The molecule has 8 heteroatoms. The summed E-state index contributed by atoms with van der Waals surface area (Å²) in [5.74, 6) is -1.23. The predicted molar refractivity (Wildman–Crippen MR) is 80.3 cm³/mol. The van der Waals surface area contributed by atoms with Gasteiger partial charge in [-0.1, -0.05) is 30.3 Å². The molecular formula is C16H20O8. The molecule has 3 atom stereocenters. The van der Waals surface area contributed by atoms with Crippen molar-refractivity contribution in [3.05, 3.63) is 47.4 Å². The van der Waals surface area contributed by atoms with Crippen LogP contribution in [0.1, 0.15) is 5.56 Å². The minimum Gasteiger partial charge on any atom is -0.485 e.